The van der Waals surface area contributed by atoms with Crippen LogP contribution < -0.4 is 10.0 Å². The van der Waals surface area contributed by atoms with E-state index < -0.39 is 10.0 Å². The highest BCUT2D eigenvalue weighted by Gasteiger charge is 2.18. The minimum Gasteiger partial charge on any atom is -0.352 e. The smallest absolute Gasteiger partial charge is 0.261 e. The van der Waals surface area contributed by atoms with E-state index in [0.29, 0.717) is 17.8 Å². The van der Waals surface area contributed by atoms with Crippen LogP contribution in [0, 0.1) is 13.8 Å². The molecule has 122 valence electrons. The molecule has 2 rings (SSSR count). The second-order valence-electron chi connectivity index (χ2n) is 5.26. The van der Waals surface area contributed by atoms with Crippen LogP contribution in [0.15, 0.2) is 47.4 Å². The Morgan fingerprint density at radius 1 is 1.04 bits per heavy atom. The molecule has 0 aliphatic carbocycles. The summed E-state index contributed by atoms with van der Waals surface area (Å²) in [6.45, 7) is 5.90. The summed E-state index contributed by atoms with van der Waals surface area (Å²) in [7, 11) is -3.75. The molecule has 0 unspecified atom stereocenters. The first kappa shape index (κ1) is 17.0. The molecule has 2 N–H and O–H groups in total. The van der Waals surface area contributed by atoms with Gasteiger partial charge in [0.15, 0.2) is 0 Å². The lowest BCUT2D eigenvalue weighted by atomic mass is 10.1. The summed E-state index contributed by atoms with van der Waals surface area (Å²) in [5.74, 6) is -0.280. The highest BCUT2D eigenvalue weighted by molar-refractivity contribution is 7.92. The molecule has 0 spiro atoms. The molecule has 0 radical (unpaired) electrons. The number of carbonyl (C=O) groups is 1. The predicted octanol–water partition coefficient (Wildman–Crippen LogP) is 2.85. The van der Waals surface area contributed by atoms with Gasteiger partial charge in [0.05, 0.1) is 10.6 Å². The molecule has 2 aromatic rings. The third-order valence-electron chi connectivity index (χ3n) is 3.49. The van der Waals surface area contributed by atoms with E-state index in [0.717, 1.165) is 11.1 Å². The lowest BCUT2D eigenvalue weighted by molar-refractivity contribution is 0.0955. The van der Waals surface area contributed by atoms with Crippen LogP contribution >= 0.6 is 0 Å². The fourth-order valence-electron chi connectivity index (χ4n) is 2.16. The molecule has 0 saturated heterocycles. The maximum Gasteiger partial charge on any atom is 0.261 e. The molecule has 0 atom stereocenters. The first-order valence-corrected chi connectivity index (χ1v) is 8.80. The molecular weight excluding hydrogens is 312 g/mol. The van der Waals surface area contributed by atoms with Crippen LogP contribution in [0.25, 0.3) is 0 Å². The highest BCUT2D eigenvalue weighted by atomic mass is 32.2. The summed E-state index contributed by atoms with van der Waals surface area (Å²) in [4.78, 5) is 12.1. The molecule has 0 heterocycles. The number of amides is 1. The summed E-state index contributed by atoms with van der Waals surface area (Å²) >= 11 is 0. The van der Waals surface area contributed by atoms with E-state index in [-0.39, 0.29) is 10.8 Å². The molecule has 0 fully saturated rings. The van der Waals surface area contributed by atoms with E-state index in [1.807, 2.05) is 26.0 Å². The van der Waals surface area contributed by atoms with E-state index in [1.54, 1.807) is 25.1 Å². The quantitative estimate of drug-likeness (QED) is 0.884. The zero-order valence-corrected chi connectivity index (χ0v) is 14.2. The number of aryl methyl sites for hydroxylation is 2. The third-order valence-corrected chi connectivity index (χ3v) is 4.85. The average Bonchev–Trinajstić information content (AvgIpc) is 2.50. The van der Waals surface area contributed by atoms with Gasteiger partial charge in [-0.25, -0.2) is 8.42 Å². The van der Waals surface area contributed by atoms with Crippen LogP contribution in [-0.2, 0) is 10.0 Å². The summed E-state index contributed by atoms with van der Waals surface area (Å²) < 4.78 is 27.7. The molecule has 23 heavy (non-hydrogen) atoms. The number of rotatable bonds is 5. The lowest BCUT2D eigenvalue weighted by Crippen LogP contribution is -2.24. The average molecular weight is 332 g/mol. The van der Waals surface area contributed by atoms with E-state index >= 15 is 0 Å². The first-order valence-electron chi connectivity index (χ1n) is 7.32. The minimum absolute atomic E-state index is 0.0626. The number of anilines is 1. The predicted molar refractivity (Wildman–Crippen MR) is 91.2 cm³/mol. The summed E-state index contributed by atoms with van der Waals surface area (Å²) in [6, 6.07) is 11.7. The van der Waals surface area contributed by atoms with Crippen molar-refractivity contribution >= 4 is 21.6 Å². The Hall–Kier alpha value is -2.34. The Balaban J connectivity index is 2.39. The van der Waals surface area contributed by atoms with Gasteiger partial charge in [-0.3, -0.25) is 9.52 Å². The maximum atomic E-state index is 12.6. The van der Waals surface area contributed by atoms with Gasteiger partial charge in [0.25, 0.3) is 15.9 Å². The van der Waals surface area contributed by atoms with Gasteiger partial charge in [-0.1, -0.05) is 24.3 Å². The molecule has 5 nitrogen and oxygen atoms in total. The molecule has 0 bridgehead atoms. The molecule has 0 saturated carbocycles. The van der Waals surface area contributed by atoms with Crippen molar-refractivity contribution in [1.82, 2.24) is 5.32 Å². The van der Waals surface area contributed by atoms with Crippen molar-refractivity contribution in [1.29, 1.82) is 0 Å². The van der Waals surface area contributed by atoms with Gasteiger partial charge in [0, 0.05) is 12.1 Å². The van der Waals surface area contributed by atoms with Crippen molar-refractivity contribution in [2.75, 3.05) is 11.3 Å². The fourth-order valence-corrected chi connectivity index (χ4v) is 3.32. The molecular formula is C17H20N2O3S. The third kappa shape index (κ3) is 3.90. The van der Waals surface area contributed by atoms with Crippen molar-refractivity contribution in [2.24, 2.45) is 0 Å². The number of hydrogen-bond acceptors (Lipinski definition) is 3. The van der Waals surface area contributed by atoms with Gasteiger partial charge in [-0.15, -0.1) is 0 Å². The van der Waals surface area contributed by atoms with Crippen molar-refractivity contribution in [2.45, 2.75) is 25.7 Å². The van der Waals surface area contributed by atoms with Gasteiger partial charge < -0.3 is 5.32 Å². The molecule has 0 aromatic heterocycles. The van der Waals surface area contributed by atoms with E-state index in [9.17, 15) is 13.2 Å². The van der Waals surface area contributed by atoms with Crippen molar-refractivity contribution in [3.8, 4) is 0 Å². The summed E-state index contributed by atoms with van der Waals surface area (Å²) in [5, 5.41) is 2.69. The molecule has 6 heteroatoms. The number of hydrogen-bond donors (Lipinski definition) is 2. The van der Waals surface area contributed by atoms with Crippen LogP contribution in [0.3, 0.4) is 0 Å². The fraction of sp³-hybridized carbons (Fsp3) is 0.235. The monoisotopic (exact) mass is 332 g/mol. The van der Waals surface area contributed by atoms with Gasteiger partial charge >= 0.3 is 0 Å². The summed E-state index contributed by atoms with van der Waals surface area (Å²) in [5.41, 5.74) is 2.44. The second-order valence-corrected chi connectivity index (χ2v) is 6.94. The van der Waals surface area contributed by atoms with E-state index in [1.165, 1.54) is 12.1 Å². The SMILES string of the molecule is CCNC(=O)c1cc(S(=O)(=O)Nc2ccccc2C)ccc1C. The van der Waals surface area contributed by atoms with Crippen molar-refractivity contribution in [3.05, 3.63) is 59.2 Å². The first-order chi connectivity index (χ1) is 10.8. The maximum absolute atomic E-state index is 12.6. The van der Waals surface area contributed by atoms with Crippen LogP contribution in [-0.4, -0.2) is 20.9 Å². The molecule has 2 aromatic carbocycles. The standard InChI is InChI=1S/C17H20N2O3S/c1-4-18-17(20)15-11-14(10-9-12(15)2)23(21,22)19-16-8-6-5-7-13(16)3/h5-11,19H,4H2,1-3H3,(H,18,20). The number of benzene rings is 2. The Bertz CT molecular complexity index is 829. The number of nitrogens with one attached hydrogen (secondary N) is 2. The van der Waals surface area contributed by atoms with E-state index in [4.69, 9.17) is 0 Å². The van der Waals surface area contributed by atoms with Crippen LogP contribution in [0.2, 0.25) is 0 Å². The van der Waals surface area contributed by atoms with Gasteiger partial charge in [-0.2, -0.15) is 0 Å². The normalized spacial score (nSPS) is 11.1. The zero-order chi connectivity index (χ0) is 17.0. The Morgan fingerprint density at radius 2 is 1.74 bits per heavy atom. The number of carbonyl (C=O) groups excluding carboxylic acids is 1. The Labute approximate surface area is 136 Å². The van der Waals surface area contributed by atoms with E-state index in [2.05, 4.69) is 10.0 Å². The zero-order valence-electron chi connectivity index (χ0n) is 13.4. The largest absolute Gasteiger partial charge is 0.352 e. The number of sulfonamides is 1. The second kappa shape index (κ2) is 6.83. The van der Waals surface area contributed by atoms with Crippen molar-refractivity contribution < 1.29 is 13.2 Å². The number of para-hydroxylation sites is 1. The van der Waals surface area contributed by atoms with Crippen LogP contribution in [0.4, 0.5) is 5.69 Å². The highest BCUT2D eigenvalue weighted by Crippen LogP contribution is 2.21. The van der Waals surface area contributed by atoms with Gasteiger partial charge in [0.1, 0.15) is 0 Å². The lowest BCUT2D eigenvalue weighted by Gasteiger charge is -2.12. The van der Waals surface area contributed by atoms with Crippen molar-refractivity contribution in [3.63, 3.8) is 0 Å². The minimum atomic E-state index is -3.75. The van der Waals surface area contributed by atoms with Crippen LogP contribution in [0.1, 0.15) is 28.4 Å². The van der Waals surface area contributed by atoms with Gasteiger partial charge in [-0.05, 0) is 50.1 Å². The van der Waals surface area contributed by atoms with Gasteiger partial charge in [0.2, 0.25) is 0 Å². The molecule has 0 aliphatic rings. The summed E-state index contributed by atoms with van der Waals surface area (Å²) in [6.07, 6.45) is 0. The van der Waals surface area contributed by atoms with Crippen LogP contribution in [0.5, 0.6) is 0 Å². The topological polar surface area (TPSA) is 75.3 Å². The molecule has 0 aliphatic heterocycles. The Kier molecular flexibility index (Phi) is 5.05. The Morgan fingerprint density at radius 3 is 2.39 bits per heavy atom. The molecule has 1 amide bonds.